The van der Waals surface area contributed by atoms with Gasteiger partial charge >= 0.3 is 0 Å². The van der Waals surface area contributed by atoms with E-state index in [1.807, 2.05) is 12.1 Å². The minimum Gasteiger partial charge on any atom is -0.508 e. The Kier molecular flexibility index (Phi) is 2.07. The van der Waals surface area contributed by atoms with Gasteiger partial charge in [-0.3, -0.25) is 0 Å². The van der Waals surface area contributed by atoms with E-state index in [-0.39, 0.29) is 6.10 Å². The van der Waals surface area contributed by atoms with Crippen molar-refractivity contribution in [3.05, 3.63) is 34.9 Å². The summed E-state index contributed by atoms with van der Waals surface area (Å²) in [5, 5.41) is 20.1. The topological polar surface area (TPSA) is 40.5 Å². The molecule has 21 heavy (non-hydrogen) atoms. The van der Waals surface area contributed by atoms with Crippen molar-refractivity contribution >= 4 is 5.57 Å². The van der Waals surface area contributed by atoms with Gasteiger partial charge in [-0.2, -0.15) is 0 Å². The maximum absolute atomic E-state index is 10.4. The molecule has 0 bridgehead atoms. The molecule has 0 saturated heterocycles. The summed E-state index contributed by atoms with van der Waals surface area (Å²) in [4.78, 5) is 0. The van der Waals surface area contributed by atoms with E-state index in [9.17, 15) is 10.2 Å². The summed E-state index contributed by atoms with van der Waals surface area (Å²) in [6, 6.07) is 5.88. The third-order valence-corrected chi connectivity index (χ3v) is 7.10. The molecule has 0 aromatic heterocycles. The van der Waals surface area contributed by atoms with Crippen LogP contribution >= 0.6 is 0 Å². The number of hydrogen-bond acceptors (Lipinski definition) is 2. The Balaban J connectivity index is 1.70. The zero-order valence-electron chi connectivity index (χ0n) is 12.5. The van der Waals surface area contributed by atoms with Crippen molar-refractivity contribution in [1.82, 2.24) is 0 Å². The lowest BCUT2D eigenvalue weighted by Crippen LogP contribution is -2.34. The molecular weight excluding hydrogens is 260 g/mol. The highest BCUT2D eigenvalue weighted by molar-refractivity contribution is 5.77. The fourth-order valence-electron chi connectivity index (χ4n) is 6.10. The molecule has 0 radical (unpaired) electrons. The molecule has 1 aromatic rings. The molecule has 110 valence electrons. The molecule has 2 nitrogen and oxygen atoms in total. The number of aromatic hydroxyl groups is 1. The Hall–Kier alpha value is -1.28. The molecule has 4 atom stereocenters. The highest BCUT2D eigenvalue weighted by Crippen LogP contribution is 2.80. The van der Waals surface area contributed by atoms with Crippen molar-refractivity contribution in [2.45, 2.75) is 51.6 Å². The quantitative estimate of drug-likeness (QED) is 0.762. The van der Waals surface area contributed by atoms with Crippen LogP contribution in [0, 0.1) is 16.7 Å². The first kappa shape index (κ1) is 12.3. The Bertz CT molecular complexity index is 689. The number of aliphatic hydroxyl groups is 1. The molecule has 1 aromatic carbocycles. The third-order valence-electron chi connectivity index (χ3n) is 7.10. The van der Waals surface area contributed by atoms with Crippen LogP contribution in [0.5, 0.6) is 5.75 Å². The number of aryl methyl sites for hydroxylation is 1. The summed E-state index contributed by atoms with van der Waals surface area (Å²) in [7, 11) is 0. The fourth-order valence-corrected chi connectivity index (χ4v) is 6.10. The second kappa shape index (κ2) is 3.55. The van der Waals surface area contributed by atoms with Gasteiger partial charge in [0.05, 0.1) is 6.10 Å². The van der Waals surface area contributed by atoms with Gasteiger partial charge in [-0.15, -0.1) is 0 Å². The van der Waals surface area contributed by atoms with E-state index in [0.29, 0.717) is 22.5 Å². The number of fused-ring (bicyclic) bond motifs is 2. The molecule has 0 heterocycles. The van der Waals surface area contributed by atoms with Crippen LogP contribution in [0.1, 0.15) is 50.2 Å². The summed E-state index contributed by atoms with van der Waals surface area (Å²) < 4.78 is 0. The van der Waals surface area contributed by atoms with Gasteiger partial charge in [-0.25, -0.2) is 0 Å². The lowest BCUT2D eigenvalue weighted by molar-refractivity contribution is 0.117. The monoisotopic (exact) mass is 282 g/mol. The molecule has 2 saturated carbocycles. The van der Waals surface area contributed by atoms with Crippen molar-refractivity contribution in [3.63, 3.8) is 0 Å². The molecule has 0 unspecified atom stereocenters. The predicted octanol–water partition coefficient (Wildman–Crippen LogP) is 3.66. The van der Waals surface area contributed by atoms with Gasteiger partial charge in [0, 0.05) is 5.41 Å². The lowest BCUT2D eigenvalue weighted by Gasteiger charge is -2.44. The molecule has 4 aliphatic carbocycles. The van der Waals surface area contributed by atoms with Gasteiger partial charge < -0.3 is 10.2 Å². The highest BCUT2D eigenvalue weighted by Gasteiger charge is 2.74. The summed E-state index contributed by atoms with van der Waals surface area (Å²) in [5.41, 5.74) is 6.53. The largest absolute Gasteiger partial charge is 0.508 e. The van der Waals surface area contributed by atoms with E-state index < -0.39 is 0 Å². The van der Waals surface area contributed by atoms with Crippen LogP contribution in [0.4, 0.5) is 0 Å². The maximum atomic E-state index is 10.4. The second-order valence-electron chi connectivity index (χ2n) is 7.91. The number of allylic oxidation sites excluding steroid dienone is 2. The Labute approximate surface area is 125 Å². The standard InChI is InChI=1S/C19H22O2/c1-18-7-6-14-13-4-3-12(20)8-11(13)2-5-15(14)19(18)9-16(19)17(21)10-18/h3-4,8,16-17,20-21H,2,5-7,9-10H2,1H3/t16-,17-,18-,19+/m1/s1. The summed E-state index contributed by atoms with van der Waals surface area (Å²) in [6.07, 6.45) is 6.65. The molecule has 0 aliphatic heterocycles. The van der Waals surface area contributed by atoms with E-state index in [4.69, 9.17) is 0 Å². The van der Waals surface area contributed by atoms with Gasteiger partial charge in [-0.1, -0.05) is 18.6 Å². The van der Waals surface area contributed by atoms with Crippen LogP contribution in [0.15, 0.2) is 23.8 Å². The molecule has 2 N–H and O–H groups in total. The molecule has 0 amide bonds. The molecule has 2 fully saturated rings. The van der Waals surface area contributed by atoms with Gasteiger partial charge in [0.15, 0.2) is 0 Å². The number of phenols is 1. The Morgan fingerprint density at radius 3 is 2.81 bits per heavy atom. The summed E-state index contributed by atoms with van der Waals surface area (Å²) >= 11 is 0. The van der Waals surface area contributed by atoms with Crippen LogP contribution < -0.4 is 0 Å². The van der Waals surface area contributed by atoms with Crippen molar-refractivity contribution in [1.29, 1.82) is 0 Å². The van der Waals surface area contributed by atoms with Crippen LogP contribution in [0.3, 0.4) is 0 Å². The first-order valence-corrected chi connectivity index (χ1v) is 8.28. The summed E-state index contributed by atoms with van der Waals surface area (Å²) in [5.74, 6) is 0.906. The molecule has 5 rings (SSSR count). The van der Waals surface area contributed by atoms with Gasteiger partial charge in [-0.05, 0) is 78.7 Å². The van der Waals surface area contributed by atoms with E-state index in [0.717, 1.165) is 25.7 Å². The van der Waals surface area contributed by atoms with Crippen molar-refractivity contribution in [2.75, 3.05) is 0 Å². The lowest BCUT2D eigenvalue weighted by atomic mass is 9.59. The number of aliphatic hydroxyl groups excluding tert-OH is 1. The fraction of sp³-hybridized carbons (Fsp3) is 0.579. The second-order valence-corrected chi connectivity index (χ2v) is 7.91. The van der Waals surface area contributed by atoms with Gasteiger partial charge in [0.2, 0.25) is 0 Å². The Morgan fingerprint density at radius 1 is 1.14 bits per heavy atom. The number of rotatable bonds is 0. The van der Waals surface area contributed by atoms with Crippen LogP contribution in [-0.2, 0) is 6.42 Å². The van der Waals surface area contributed by atoms with E-state index >= 15 is 0 Å². The third kappa shape index (κ3) is 1.29. The predicted molar refractivity (Wildman–Crippen MR) is 81.9 cm³/mol. The molecule has 2 heteroatoms. The van der Waals surface area contributed by atoms with Crippen LogP contribution in [0.25, 0.3) is 5.57 Å². The molecule has 4 aliphatic rings. The summed E-state index contributed by atoms with van der Waals surface area (Å²) in [6.45, 7) is 2.42. The maximum Gasteiger partial charge on any atom is 0.115 e. The Morgan fingerprint density at radius 2 is 2.00 bits per heavy atom. The van der Waals surface area contributed by atoms with Crippen molar-refractivity contribution in [2.24, 2.45) is 16.7 Å². The van der Waals surface area contributed by atoms with Gasteiger partial charge in [0.1, 0.15) is 5.75 Å². The molecule has 1 spiro atoms. The SMILES string of the molecule is C[C@]12CCC3=C(CCc4cc(O)ccc43)[C@]13C[C@@H]3[C@H](O)C2. The average Bonchev–Trinajstić information content (AvgIpc) is 3.15. The van der Waals surface area contributed by atoms with Gasteiger partial charge in [0.25, 0.3) is 0 Å². The van der Waals surface area contributed by atoms with E-state index in [2.05, 4.69) is 13.0 Å². The number of benzene rings is 1. The normalized spacial score (nSPS) is 43.0. The van der Waals surface area contributed by atoms with E-state index in [1.165, 1.54) is 24.0 Å². The zero-order chi connectivity index (χ0) is 14.4. The number of phenolic OH excluding ortho intramolecular Hbond substituents is 1. The first-order chi connectivity index (χ1) is 10.1. The minimum atomic E-state index is -0.0805. The van der Waals surface area contributed by atoms with Crippen molar-refractivity contribution in [3.8, 4) is 5.75 Å². The smallest absolute Gasteiger partial charge is 0.115 e. The number of hydrogen-bond donors (Lipinski definition) is 2. The van der Waals surface area contributed by atoms with Crippen LogP contribution in [0.2, 0.25) is 0 Å². The zero-order valence-corrected chi connectivity index (χ0v) is 12.5. The molecular formula is C19H22O2. The first-order valence-electron chi connectivity index (χ1n) is 8.28. The highest BCUT2D eigenvalue weighted by atomic mass is 16.3. The van der Waals surface area contributed by atoms with Crippen molar-refractivity contribution < 1.29 is 10.2 Å². The van der Waals surface area contributed by atoms with E-state index in [1.54, 1.807) is 11.1 Å². The average molecular weight is 282 g/mol. The minimum absolute atomic E-state index is 0.0805. The van der Waals surface area contributed by atoms with Crippen LogP contribution in [-0.4, -0.2) is 16.3 Å².